The fourth-order valence-electron chi connectivity index (χ4n) is 1.27. The van der Waals surface area contributed by atoms with Crippen LogP contribution in [-0.2, 0) is 11.3 Å². The van der Waals surface area contributed by atoms with Crippen LogP contribution in [0, 0.1) is 0 Å². The molecule has 0 aliphatic heterocycles. The van der Waals surface area contributed by atoms with Crippen LogP contribution in [0.2, 0.25) is 0 Å². The molecule has 1 rings (SSSR count). The molecule has 0 saturated carbocycles. The number of nitrogens with two attached hydrogens (primary N) is 1. The van der Waals surface area contributed by atoms with E-state index in [9.17, 15) is 4.79 Å². The number of nitrogens with one attached hydrogen (secondary N) is 1. The van der Waals surface area contributed by atoms with Gasteiger partial charge in [-0.05, 0) is 31.8 Å². The molecular weight excluding hydrogens is 190 g/mol. The number of amides is 1. The first kappa shape index (κ1) is 11.7. The van der Waals surface area contributed by atoms with Gasteiger partial charge in [0, 0.05) is 12.2 Å². The molecular formula is C11H17N3O. The number of anilines is 1. The molecule has 0 atom stereocenters. The van der Waals surface area contributed by atoms with E-state index in [4.69, 9.17) is 5.73 Å². The third-order valence-corrected chi connectivity index (χ3v) is 1.92. The van der Waals surface area contributed by atoms with Gasteiger partial charge in [-0.2, -0.15) is 0 Å². The van der Waals surface area contributed by atoms with E-state index in [0.29, 0.717) is 0 Å². The summed E-state index contributed by atoms with van der Waals surface area (Å²) in [7, 11) is 4.04. The van der Waals surface area contributed by atoms with E-state index in [1.165, 1.54) is 5.56 Å². The van der Waals surface area contributed by atoms with Crippen molar-refractivity contribution < 1.29 is 4.79 Å². The first-order chi connectivity index (χ1) is 7.11. The topological polar surface area (TPSA) is 58.4 Å². The molecule has 15 heavy (non-hydrogen) atoms. The van der Waals surface area contributed by atoms with Gasteiger partial charge in [0.15, 0.2) is 0 Å². The van der Waals surface area contributed by atoms with Gasteiger partial charge >= 0.3 is 0 Å². The van der Waals surface area contributed by atoms with E-state index in [1.54, 1.807) is 0 Å². The molecule has 1 aromatic carbocycles. The van der Waals surface area contributed by atoms with Gasteiger partial charge in [-0.1, -0.05) is 12.1 Å². The normalized spacial score (nSPS) is 10.4. The van der Waals surface area contributed by atoms with Crippen molar-refractivity contribution in [2.75, 3.05) is 26.0 Å². The van der Waals surface area contributed by atoms with E-state index in [1.807, 2.05) is 38.4 Å². The lowest BCUT2D eigenvalue weighted by Gasteiger charge is -2.10. The molecule has 3 N–H and O–H groups in total. The molecule has 4 nitrogen and oxygen atoms in total. The van der Waals surface area contributed by atoms with Crippen LogP contribution in [0.5, 0.6) is 0 Å². The number of carbonyl (C=O) groups is 1. The second kappa shape index (κ2) is 5.48. The molecule has 0 heterocycles. The maximum atomic E-state index is 11.0. The third-order valence-electron chi connectivity index (χ3n) is 1.92. The number of hydrogen-bond acceptors (Lipinski definition) is 3. The Morgan fingerprint density at radius 3 is 2.40 bits per heavy atom. The molecule has 4 heteroatoms. The Morgan fingerprint density at radius 1 is 1.33 bits per heavy atom. The van der Waals surface area contributed by atoms with Crippen molar-refractivity contribution in [3.8, 4) is 0 Å². The summed E-state index contributed by atoms with van der Waals surface area (Å²) in [5.41, 5.74) is 7.20. The molecule has 0 aliphatic carbocycles. The Morgan fingerprint density at radius 2 is 1.93 bits per heavy atom. The number of hydrogen-bond donors (Lipinski definition) is 2. The van der Waals surface area contributed by atoms with Gasteiger partial charge in [-0.25, -0.2) is 0 Å². The van der Waals surface area contributed by atoms with E-state index in [2.05, 4.69) is 10.2 Å². The van der Waals surface area contributed by atoms with Gasteiger partial charge in [0.2, 0.25) is 5.91 Å². The van der Waals surface area contributed by atoms with Crippen molar-refractivity contribution in [3.63, 3.8) is 0 Å². The van der Waals surface area contributed by atoms with Gasteiger partial charge in [-0.15, -0.1) is 0 Å². The Labute approximate surface area is 90.1 Å². The molecule has 0 spiro atoms. The molecule has 0 aliphatic rings. The smallest absolute Gasteiger partial charge is 0.238 e. The number of nitrogens with zero attached hydrogens (tertiary/aromatic N) is 1. The summed E-state index contributed by atoms with van der Waals surface area (Å²) < 4.78 is 0. The zero-order valence-electron chi connectivity index (χ0n) is 9.16. The lowest BCUT2D eigenvalue weighted by Crippen LogP contribution is -2.21. The zero-order valence-corrected chi connectivity index (χ0v) is 9.16. The minimum Gasteiger partial charge on any atom is -0.325 e. The molecule has 1 amide bonds. The highest BCUT2D eigenvalue weighted by atomic mass is 16.1. The minimum absolute atomic E-state index is 0.0133. The molecule has 0 fully saturated rings. The summed E-state index contributed by atoms with van der Waals surface area (Å²) in [6, 6.07) is 7.75. The predicted octanol–water partition coefficient (Wildman–Crippen LogP) is 0.645. The van der Waals surface area contributed by atoms with E-state index < -0.39 is 0 Å². The van der Waals surface area contributed by atoms with Crippen LogP contribution in [0.25, 0.3) is 0 Å². The second-order valence-corrected chi connectivity index (χ2v) is 3.69. The molecule has 0 radical (unpaired) electrons. The maximum Gasteiger partial charge on any atom is 0.238 e. The van der Waals surface area contributed by atoms with Crippen LogP contribution >= 0.6 is 0 Å². The van der Waals surface area contributed by atoms with Gasteiger partial charge in [0.1, 0.15) is 0 Å². The largest absolute Gasteiger partial charge is 0.325 e. The molecule has 0 unspecified atom stereocenters. The first-order valence-corrected chi connectivity index (χ1v) is 4.85. The molecule has 82 valence electrons. The van der Waals surface area contributed by atoms with E-state index >= 15 is 0 Å². The summed E-state index contributed by atoms with van der Waals surface area (Å²) in [6.45, 7) is 0.907. The summed E-state index contributed by atoms with van der Waals surface area (Å²) in [6.07, 6.45) is 0. The van der Waals surface area contributed by atoms with Gasteiger partial charge in [-0.3, -0.25) is 4.79 Å². The number of rotatable bonds is 4. The van der Waals surface area contributed by atoms with Crippen molar-refractivity contribution in [1.82, 2.24) is 4.90 Å². The number of carbonyl (C=O) groups excluding carboxylic acids is 1. The van der Waals surface area contributed by atoms with Gasteiger partial charge in [0.25, 0.3) is 0 Å². The van der Waals surface area contributed by atoms with Crippen molar-refractivity contribution in [3.05, 3.63) is 29.8 Å². The molecule has 0 bridgehead atoms. The third kappa shape index (κ3) is 4.10. The number of benzene rings is 1. The Balaban J connectivity index is 2.60. The lowest BCUT2D eigenvalue weighted by molar-refractivity contribution is -0.114. The Kier molecular flexibility index (Phi) is 4.27. The Hall–Kier alpha value is -1.39. The fourth-order valence-corrected chi connectivity index (χ4v) is 1.27. The molecule has 1 aromatic rings. The second-order valence-electron chi connectivity index (χ2n) is 3.69. The van der Waals surface area contributed by atoms with Crippen LogP contribution in [0.4, 0.5) is 5.69 Å². The monoisotopic (exact) mass is 207 g/mol. The first-order valence-electron chi connectivity index (χ1n) is 4.85. The zero-order chi connectivity index (χ0) is 11.3. The van der Waals surface area contributed by atoms with Crippen molar-refractivity contribution in [2.24, 2.45) is 5.73 Å². The van der Waals surface area contributed by atoms with Crippen molar-refractivity contribution in [1.29, 1.82) is 0 Å². The van der Waals surface area contributed by atoms with Crippen LogP contribution in [0.1, 0.15) is 5.56 Å². The standard InChI is InChI=1S/C11H17N3O/c1-14(2)8-9-3-5-10(6-4-9)13-11(15)7-12/h3-6H,7-8,12H2,1-2H3,(H,13,15). The highest BCUT2D eigenvalue weighted by Crippen LogP contribution is 2.10. The predicted molar refractivity (Wildman–Crippen MR) is 61.5 cm³/mol. The molecule has 0 saturated heterocycles. The van der Waals surface area contributed by atoms with E-state index in [-0.39, 0.29) is 12.5 Å². The lowest BCUT2D eigenvalue weighted by atomic mass is 10.2. The average molecular weight is 207 g/mol. The van der Waals surface area contributed by atoms with E-state index in [0.717, 1.165) is 12.2 Å². The minimum atomic E-state index is -0.171. The summed E-state index contributed by atoms with van der Waals surface area (Å²) in [5.74, 6) is -0.171. The quantitative estimate of drug-likeness (QED) is 0.762. The Bertz CT molecular complexity index is 319. The van der Waals surface area contributed by atoms with Gasteiger partial charge < -0.3 is 16.0 Å². The van der Waals surface area contributed by atoms with Crippen molar-refractivity contribution in [2.45, 2.75) is 6.54 Å². The van der Waals surface area contributed by atoms with Crippen LogP contribution in [-0.4, -0.2) is 31.4 Å². The van der Waals surface area contributed by atoms with Crippen LogP contribution < -0.4 is 11.1 Å². The van der Waals surface area contributed by atoms with Crippen LogP contribution in [0.15, 0.2) is 24.3 Å². The fraction of sp³-hybridized carbons (Fsp3) is 0.364. The van der Waals surface area contributed by atoms with Crippen molar-refractivity contribution >= 4 is 11.6 Å². The highest BCUT2D eigenvalue weighted by molar-refractivity contribution is 5.92. The summed E-state index contributed by atoms with van der Waals surface area (Å²) >= 11 is 0. The summed E-state index contributed by atoms with van der Waals surface area (Å²) in [5, 5.41) is 2.69. The van der Waals surface area contributed by atoms with Gasteiger partial charge in [0.05, 0.1) is 6.54 Å². The molecule has 0 aromatic heterocycles. The highest BCUT2D eigenvalue weighted by Gasteiger charge is 1.99. The van der Waals surface area contributed by atoms with Crippen LogP contribution in [0.3, 0.4) is 0 Å². The SMILES string of the molecule is CN(C)Cc1ccc(NC(=O)CN)cc1. The maximum absolute atomic E-state index is 11.0. The average Bonchev–Trinajstić information content (AvgIpc) is 2.20. The summed E-state index contributed by atoms with van der Waals surface area (Å²) in [4.78, 5) is 13.1.